The lowest BCUT2D eigenvalue weighted by Gasteiger charge is -2.14. The molecular weight excluding hydrogens is 280 g/mol. The highest BCUT2D eigenvalue weighted by Crippen LogP contribution is 2.17. The molecule has 0 aliphatic heterocycles. The Morgan fingerprint density at radius 3 is 2.71 bits per heavy atom. The van der Waals surface area contributed by atoms with Gasteiger partial charge in [0.2, 0.25) is 0 Å². The molecule has 0 aliphatic rings. The molecule has 0 fully saturated rings. The molecule has 1 unspecified atom stereocenters. The Morgan fingerprint density at radius 1 is 1.29 bits per heavy atom. The minimum absolute atomic E-state index is 0.297. The van der Waals surface area contributed by atoms with Crippen molar-refractivity contribution in [2.45, 2.75) is 26.4 Å². The summed E-state index contributed by atoms with van der Waals surface area (Å²) in [5.74, 6) is 0. The second-order valence-corrected chi connectivity index (χ2v) is 6.35. The van der Waals surface area contributed by atoms with Crippen LogP contribution in [0.25, 0.3) is 5.69 Å². The number of nitrogens with zero attached hydrogens (tertiary/aromatic N) is 3. The highest BCUT2D eigenvalue weighted by atomic mass is 32.1. The number of thiazole rings is 1. The van der Waals surface area contributed by atoms with Gasteiger partial charge in [-0.25, -0.2) is 9.97 Å². The maximum absolute atomic E-state index is 4.38. The molecule has 3 aromatic rings. The molecule has 1 aromatic carbocycles. The lowest BCUT2D eigenvalue weighted by atomic mass is 10.1. The summed E-state index contributed by atoms with van der Waals surface area (Å²) in [7, 11) is 0. The normalized spacial score (nSPS) is 12.5. The summed E-state index contributed by atoms with van der Waals surface area (Å²) >= 11 is 1.74. The van der Waals surface area contributed by atoms with Gasteiger partial charge in [-0.1, -0.05) is 12.1 Å². The molecule has 2 aromatic heterocycles. The van der Waals surface area contributed by atoms with Gasteiger partial charge in [-0.15, -0.1) is 11.3 Å². The third-order valence-corrected chi connectivity index (χ3v) is 4.34. The highest BCUT2D eigenvalue weighted by molar-refractivity contribution is 7.11. The van der Waals surface area contributed by atoms with Crippen molar-refractivity contribution in [2.75, 3.05) is 0 Å². The predicted octanol–water partition coefficient (Wildman–Crippen LogP) is 3.49. The van der Waals surface area contributed by atoms with Gasteiger partial charge in [-0.2, -0.15) is 0 Å². The van der Waals surface area contributed by atoms with Crippen molar-refractivity contribution in [2.24, 2.45) is 0 Å². The largest absolute Gasteiger partial charge is 0.306 e. The van der Waals surface area contributed by atoms with Crippen LogP contribution in [0.15, 0.2) is 49.2 Å². The molecule has 1 atom stereocenters. The number of benzene rings is 1. The SMILES string of the molecule is Cc1cnc(CNC(C)c2ccc(-n3ccnc3)cc2)s1. The molecule has 4 nitrogen and oxygen atoms in total. The van der Waals surface area contributed by atoms with E-state index >= 15 is 0 Å². The summed E-state index contributed by atoms with van der Waals surface area (Å²) in [5, 5.41) is 4.65. The van der Waals surface area contributed by atoms with Gasteiger partial charge in [0.05, 0.1) is 6.33 Å². The Morgan fingerprint density at radius 2 is 2.10 bits per heavy atom. The van der Waals surface area contributed by atoms with Crippen LogP contribution in [-0.4, -0.2) is 14.5 Å². The van der Waals surface area contributed by atoms with Crippen LogP contribution in [0.2, 0.25) is 0 Å². The van der Waals surface area contributed by atoms with Gasteiger partial charge >= 0.3 is 0 Å². The fourth-order valence-corrected chi connectivity index (χ4v) is 2.93. The smallest absolute Gasteiger partial charge is 0.107 e. The monoisotopic (exact) mass is 298 g/mol. The Kier molecular flexibility index (Phi) is 4.13. The van der Waals surface area contributed by atoms with E-state index in [4.69, 9.17) is 0 Å². The van der Waals surface area contributed by atoms with E-state index in [1.165, 1.54) is 10.4 Å². The quantitative estimate of drug-likeness (QED) is 0.784. The first-order valence-electron chi connectivity index (χ1n) is 6.95. The average molecular weight is 298 g/mol. The van der Waals surface area contributed by atoms with E-state index in [0.717, 1.165) is 17.2 Å². The first-order chi connectivity index (χ1) is 10.2. The summed E-state index contributed by atoms with van der Waals surface area (Å²) < 4.78 is 2.00. The van der Waals surface area contributed by atoms with Crippen molar-refractivity contribution in [1.82, 2.24) is 19.9 Å². The van der Waals surface area contributed by atoms with E-state index in [1.807, 2.05) is 23.3 Å². The van der Waals surface area contributed by atoms with Crippen molar-refractivity contribution in [1.29, 1.82) is 0 Å². The van der Waals surface area contributed by atoms with Crippen LogP contribution in [0.1, 0.15) is 28.4 Å². The first kappa shape index (κ1) is 14.0. The highest BCUT2D eigenvalue weighted by Gasteiger charge is 2.06. The molecule has 1 N–H and O–H groups in total. The summed E-state index contributed by atoms with van der Waals surface area (Å²) in [5.41, 5.74) is 2.39. The minimum Gasteiger partial charge on any atom is -0.306 e. The summed E-state index contributed by atoms with van der Waals surface area (Å²) in [6, 6.07) is 8.83. The lowest BCUT2D eigenvalue weighted by molar-refractivity contribution is 0.573. The van der Waals surface area contributed by atoms with E-state index < -0.39 is 0 Å². The maximum atomic E-state index is 4.38. The molecule has 5 heteroatoms. The van der Waals surface area contributed by atoms with E-state index in [9.17, 15) is 0 Å². The maximum Gasteiger partial charge on any atom is 0.107 e. The summed E-state index contributed by atoms with van der Waals surface area (Å²) in [4.78, 5) is 9.69. The Balaban J connectivity index is 1.63. The zero-order chi connectivity index (χ0) is 14.7. The Hall–Kier alpha value is -1.98. The van der Waals surface area contributed by atoms with Crippen molar-refractivity contribution >= 4 is 11.3 Å². The van der Waals surface area contributed by atoms with Crippen LogP contribution in [-0.2, 0) is 6.54 Å². The number of aryl methyl sites for hydroxylation is 1. The number of nitrogens with one attached hydrogen (secondary N) is 1. The minimum atomic E-state index is 0.297. The summed E-state index contributed by atoms with van der Waals surface area (Å²) in [6.07, 6.45) is 7.46. The van der Waals surface area contributed by atoms with Crippen LogP contribution in [0.4, 0.5) is 0 Å². The molecule has 2 heterocycles. The molecule has 0 saturated heterocycles. The van der Waals surface area contributed by atoms with E-state index in [2.05, 4.69) is 53.4 Å². The summed E-state index contributed by atoms with van der Waals surface area (Å²) in [6.45, 7) is 5.06. The number of aromatic nitrogens is 3. The van der Waals surface area contributed by atoms with Gasteiger partial charge < -0.3 is 9.88 Å². The fourth-order valence-electron chi connectivity index (χ4n) is 2.19. The van der Waals surface area contributed by atoms with Gasteiger partial charge in [-0.05, 0) is 31.5 Å². The van der Waals surface area contributed by atoms with Crippen LogP contribution in [0.5, 0.6) is 0 Å². The number of imidazole rings is 1. The Bertz CT molecular complexity index is 685. The number of rotatable bonds is 5. The van der Waals surface area contributed by atoms with E-state index in [1.54, 1.807) is 17.5 Å². The molecule has 0 spiro atoms. The molecular formula is C16H18N4S. The molecule has 3 rings (SSSR count). The second-order valence-electron chi connectivity index (χ2n) is 5.03. The molecule has 21 heavy (non-hydrogen) atoms. The number of hydrogen-bond donors (Lipinski definition) is 1. The van der Waals surface area contributed by atoms with Crippen LogP contribution >= 0.6 is 11.3 Å². The van der Waals surface area contributed by atoms with Gasteiger partial charge in [0, 0.05) is 41.7 Å². The predicted molar refractivity (Wildman–Crippen MR) is 85.7 cm³/mol. The Labute approximate surface area is 128 Å². The zero-order valence-electron chi connectivity index (χ0n) is 12.2. The van der Waals surface area contributed by atoms with Crippen molar-refractivity contribution < 1.29 is 0 Å². The first-order valence-corrected chi connectivity index (χ1v) is 7.77. The average Bonchev–Trinajstić information content (AvgIpc) is 3.16. The lowest BCUT2D eigenvalue weighted by Crippen LogP contribution is -2.17. The molecule has 0 bridgehead atoms. The van der Waals surface area contributed by atoms with Crippen molar-refractivity contribution in [3.8, 4) is 5.69 Å². The van der Waals surface area contributed by atoms with E-state index in [-0.39, 0.29) is 0 Å². The van der Waals surface area contributed by atoms with Gasteiger partial charge in [0.1, 0.15) is 5.01 Å². The zero-order valence-corrected chi connectivity index (χ0v) is 13.0. The molecule has 0 radical (unpaired) electrons. The second kappa shape index (κ2) is 6.20. The van der Waals surface area contributed by atoms with Crippen LogP contribution in [0.3, 0.4) is 0 Å². The van der Waals surface area contributed by atoms with Crippen molar-refractivity contribution in [3.05, 3.63) is 64.6 Å². The third-order valence-electron chi connectivity index (χ3n) is 3.42. The molecule has 0 saturated carbocycles. The van der Waals surface area contributed by atoms with Crippen LogP contribution in [0, 0.1) is 6.92 Å². The van der Waals surface area contributed by atoms with Crippen LogP contribution < -0.4 is 5.32 Å². The van der Waals surface area contributed by atoms with Crippen molar-refractivity contribution in [3.63, 3.8) is 0 Å². The topological polar surface area (TPSA) is 42.7 Å². The van der Waals surface area contributed by atoms with Gasteiger partial charge in [0.25, 0.3) is 0 Å². The fraction of sp³-hybridized carbons (Fsp3) is 0.250. The van der Waals surface area contributed by atoms with E-state index in [0.29, 0.717) is 6.04 Å². The number of hydrogen-bond acceptors (Lipinski definition) is 4. The molecule has 108 valence electrons. The third kappa shape index (κ3) is 3.37. The van der Waals surface area contributed by atoms with Gasteiger partial charge in [-0.3, -0.25) is 0 Å². The molecule has 0 aliphatic carbocycles. The molecule has 0 amide bonds. The van der Waals surface area contributed by atoms with Gasteiger partial charge in [0.15, 0.2) is 0 Å². The standard InChI is InChI=1S/C16H18N4S/c1-12-9-19-16(21-12)10-18-13(2)14-3-5-15(6-4-14)20-8-7-17-11-20/h3-9,11,13,18H,10H2,1-2H3.